The molecule has 0 bridgehead atoms. The Bertz CT molecular complexity index is 1040. The average molecular weight is 481 g/mol. The van der Waals surface area contributed by atoms with E-state index >= 15 is 0 Å². The van der Waals surface area contributed by atoms with E-state index in [0.29, 0.717) is 11.8 Å². The van der Waals surface area contributed by atoms with Crippen molar-refractivity contribution >= 4 is 41.2 Å². The summed E-state index contributed by atoms with van der Waals surface area (Å²) in [6, 6.07) is 2.38. The molecule has 1 amide bonds. The highest BCUT2D eigenvalue weighted by Crippen LogP contribution is 2.54. The van der Waals surface area contributed by atoms with Crippen molar-refractivity contribution in [3.8, 4) is 5.75 Å². The second kappa shape index (κ2) is 8.76. The van der Waals surface area contributed by atoms with Crippen molar-refractivity contribution in [2.24, 2.45) is 0 Å². The lowest BCUT2D eigenvalue weighted by atomic mass is 9.64. The van der Waals surface area contributed by atoms with Crippen LogP contribution in [0.5, 0.6) is 5.75 Å². The summed E-state index contributed by atoms with van der Waals surface area (Å²) in [7, 11) is 0. The summed E-state index contributed by atoms with van der Waals surface area (Å²) in [5.74, 6) is -5.94. The summed E-state index contributed by atoms with van der Waals surface area (Å²) >= 11 is 0.651. The Morgan fingerprint density at radius 2 is 1.91 bits per heavy atom. The highest BCUT2D eigenvalue weighted by atomic mass is 32.2. The Morgan fingerprint density at radius 3 is 2.48 bits per heavy atom. The number of phenolic OH excluding ortho intramolecular Hbond substituents is 1. The van der Waals surface area contributed by atoms with Crippen molar-refractivity contribution in [2.45, 2.75) is 55.3 Å². The maximum Gasteiger partial charge on any atom is 0.327 e. The topological polar surface area (TPSA) is 188 Å². The number of ketones is 2. The minimum absolute atomic E-state index is 0.174. The van der Waals surface area contributed by atoms with Gasteiger partial charge < -0.3 is 30.5 Å². The first-order chi connectivity index (χ1) is 15.3. The van der Waals surface area contributed by atoms with E-state index in [2.05, 4.69) is 5.32 Å². The average Bonchev–Trinajstić information content (AvgIpc) is 2.71. The lowest BCUT2D eigenvalue weighted by Gasteiger charge is -2.55. The van der Waals surface area contributed by atoms with E-state index in [4.69, 9.17) is 4.74 Å². The van der Waals surface area contributed by atoms with E-state index < -0.39 is 82.4 Å². The van der Waals surface area contributed by atoms with Crippen molar-refractivity contribution in [2.75, 3.05) is 5.75 Å². The number of thioether (sulfide) groups is 1. The number of carbonyl (C=O) groups excluding carboxylic acids is 3. The van der Waals surface area contributed by atoms with Gasteiger partial charge in [-0.25, -0.2) is 4.79 Å². The van der Waals surface area contributed by atoms with E-state index in [1.54, 1.807) is 0 Å². The van der Waals surface area contributed by atoms with Gasteiger partial charge in [-0.1, -0.05) is 12.1 Å². The van der Waals surface area contributed by atoms with Crippen LogP contribution >= 0.6 is 11.8 Å². The van der Waals surface area contributed by atoms with Crippen molar-refractivity contribution in [3.05, 3.63) is 29.3 Å². The molecule has 1 saturated heterocycles. The quantitative estimate of drug-likeness (QED) is 0.358. The summed E-state index contributed by atoms with van der Waals surface area (Å²) in [6.07, 6.45) is -3.36. The molecule has 3 rings (SSSR count). The minimum atomic E-state index is -2.53. The molecule has 2 aliphatic rings. The first kappa shape index (κ1) is 24.7. The molecule has 1 aromatic carbocycles. The zero-order chi connectivity index (χ0) is 24.7. The monoisotopic (exact) mass is 481 g/mol. The first-order valence-corrected chi connectivity index (χ1v) is 11.0. The summed E-state index contributed by atoms with van der Waals surface area (Å²) in [5.41, 5.74) is -3.09. The molecular formula is C21H23NO10S. The van der Waals surface area contributed by atoms with Gasteiger partial charge in [-0.3, -0.25) is 19.2 Å². The Kier molecular flexibility index (Phi) is 6.55. The third-order valence-corrected chi connectivity index (χ3v) is 7.57. The third-order valence-electron chi connectivity index (χ3n) is 5.92. The van der Waals surface area contributed by atoms with Crippen LogP contribution < -0.4 is 5.32 Å². The second-order valence-electron chi connectivity index (χ2n) is 8.06. The zero-order valence-corrected chi connectivity index (χ0v) is 18.5. The number of Topliss-reactive ketones (excluding diaryl/α,β-unsaturated/α-hetero) is 2. The smallest absolute Gasteiger partial charge is 0.327 e. The molecule has 0 radical (unpaired) electrons. The summed E-state index contributed by atoms with van der Waals surface area (Å²) in [5, 5.41) is 42.9. The van der Waals surface area contributed by atoms with E-state index in [9.17, 15) is 44.4 Å². The number of nitrogens with one attached hydrogen (secondary N) is 1. The molecule has 0 spiro atoms. The Morgan fingerprint density at radius 1 is 1.24 bits per heavy atom. The number of phenols is 1. The van der Waals surface area contributed by atoms with Gasteiger partial charge in [0.1, 0.15) is 16.5 Å². The van der Waals surface area contributed by atoms with E-state index in [1.165, 1.54) is 25.1 Å². The number of aliphatic hydroxyl groups is 1. The fourth-order valence-electron chi connectivity index (χ4n) is 4.44. The maximum absolute atomic E-state index is 13.8. The van der Waals surface area contributed by atoms with Gasteiger partial charge in [-0.15, -0.1) is 11.8 Å². The molecule has 2 unspecified atom stereocenters. The number of rotatable bonds is 7. The number of fused-ring (bicyclic) bond motifs is 2. The number of carboxylic acids is 2. The molecule has 0 aromatic heterocycles. The summed E-state index contributed by atoms with van der Waals surface area (Å²) in [4.78, 5) is 61.6. The normalized spacial score (nSPS) is 29.5. The summed E-state index contributed by atoms with van der Waals surface area (Å²) in [6.45, 7) is 2.42. The van der Waals surface area contributed by atoms with Crippen LogP contribution in [0.1, 0.15) is 47.4 Å². The fraction of sp³-hybridized carbons (Fsp3) is 0.476. The van der Waals surface area contributed by atoms with Crippen LogP contribution in [-0.2, 0) is 19.1 Å². The predicted molar refractivity (Wildman–Crippen MR) is 113 cm³/mol. The maximum atomic E-state index is 13.8. The van der Waals surface area contributed by atoms with E-state index in [0.717, 1.165) is 6.92 Å². The van der Waals surface area contributed by atoms with E-state index in [1.807, 2.05) is 0 Å². The second-order valence-corrected chi connectivity index (χ2v) is 9.37. The molecule has 1 aliphatic carbocycles. The number of benzene rings is 1. The number of ether oxygens (including phenoxy) is 1. The number of carboxylic acid groups (broad SMARTS) is 2. The molecule has 1 heterocycles. The summed E-state index contributed by atoms with van der Waals surface area (Å²) < 4.78 is 3.58. The van der Waals surface area contributed by atoms with Crippen LogP contribution in [0.25, 0.3) is 0 Å². The molecule has 178 valence electrons. The van der Waals surface area contributed by atoms with Crippen molar-refractivity contribution < 1.29 is 49.1 Å². The highest BCUT2D eigenvalue weighted by Gasteiger charge is 2.70. The lowest BCUT2D eigenvalue weighted by Crippen LogP contribution is -2.74. The highest BCUT2D eigenvalue weighted by molar-refractivity contribution is 8.01. The molecule has 5 N–H and O–H groups in total. The number of aromatic hydroxyl groups is 1. The van der Waals surface area contributed by atoms with Crippen LogP contribution in [0.4, 0.5) is 0 Å². The van der Waals surface area contributed by atoms with Crippen molar-refractivity contribution in [1.29, 1.82) is 0 Å². The van der Waals surface area contributed by atoms with Crippen LogP contribution in [0.3, 0.4) is 0 Å². The van der Waals surface area contributed by atoms with Gasteiger partial charge in [0.25, 0.3) is 0 Å². The Hall–Kier alpha value is -2.96. The predicted octanol–water partition coefficient (Wildman–Crippen LogP) is 0.216. The SMILES string of the molecule is CC(=O)N[C@@H](CSC12C[C@H](CC(=O)O)O[C@@H](C)C1(O)C(=O)c1c(O)cccc1C2=O)C(=O)O. The van der Waals surface area contributed by atoms with Gasteiger partial charge in [-0.2, -0.15) is 0 Å². The number of hydrogen-bond acceptors (Lipinski definition) is 9. The largest absolute Gasteiger partial charge is 0.507 e. The molecule has 11 nitrogen and oxygen atoms in total. The van der Waals surface area contributed by atoms with Crippen LogP contribution in [0.15, 0.2) is 18.2 Å². The first-order valence-electron chi connectivity index (χ1n) is 10.00. The van der Waals surface area contributed by atoms with Gasteiger partial charge >= 0.3 is 11.9 Å². The minimum Gasteiger partial charge on any atom is -0.507 e. The fourth-order valence-corrected chi connectivity index (χ4v) is 6.15. The molecule has 1 fully saturated rings. The molecule has 1 aromatic rings. The van der Waals surface area contributed by atoms with Gasteiger partial charge in [0.15, 0.2) is 11.4 Å². The van der Waals surface area contributed by atoms with Gasteiger partial charge in [0.05, 0.1) is 24.2 Å². The Balaban J connectivity index is 2.16. The molecular weight excluding hydrogens is 458 g/mol. The molecule has 33 heavy (non-hydrogen) atoms. The number of hydrogen-bond donors (Lipinski definition) is 5. The molecule has 0 saturated carbocycles. The van der Waals surface area contributed by atoms with Crippen molar-refractivity contribution in [1.82, 2.24) is 5.32 Å². The van der Waals surface area contributed by atoms with Crippen LogP contribution in [-0.4, -0.2) is 84.2 Å². The van der Waals surface area contributed by atoms with Gasteiger partial charge in [0.2, 0.25) is 11.7 Å². The van der Waals surface area contributed by atoms with Crippen LogP contribution in [0, 0.1) is 0 Å². The number of carbonyl (C=O) groups is 5. The van der Waals surface area contributed by atoms with Gasteiger partial charge in [-0.05, 0) is 19.4 Å². The Labute approximate surface area is 192 Å². The third kappa shape index (κ3) is 3.98. The van der Waals surface area contributed by atoms with Crippen LogP contribution in [0.2, 0.25) is 0 Å². The van der Waals surface area contributed by atoms with E-state index in [-0.39, 0.29) is 11.1 Å². The molecule has 12 heteroatoms. The molecule has 1 aliphatic heterocycles. The lowest BCUT2D eigenvalue weighted by molar-refractivity contribution is -0.167. The van der Waals surface area contributed by atoms with Gasteiger partial charge in [0, 0.05) is 18.2 Å². The molecule has 5 atom stereocenters. The van der Waals surface area contributed by atoms with Crippen molar-refractivity contribution in [3.63, 3.8) is 0 Å². The zero-order valence-electron chi connectivity index (χ0n) is 17.7. The number of amides is 1. The number of aliphatic carboxylic acids is 2. The standard InChI is InChI=1S/C21H23NO10S/c1-9-21(31)18(28)16-12(4-3-5-14(16)24)17(27)20(21,7-11(32-9)6-15(25)26)33-8-13(19(29)30)22-10(2)23/h3-5,9,11,13,24,31H,6-8H2,1-2H3,(H,22,23)(H,25,26)(H,29,30)/t9-,11-,13-,20?,21?/m0/s1.